The van der Waals surface area contributed by atoms with Gasteiger partial charge in [0.1, 0.15) is 5.82 Å². The maximum atomic E-state index is 13.3. The number of sulfonamides is 1. The van der Waals surface area contributed by atoms with Crippen molar-refractivity contribution in [2.45, 2.75) is 11.3 Å². The molecule has 2 aromatic rings. The number of halogens is 1. The van der Waals surface area contributed by atoms with Gasteiger partial charge in [-0.1, -0.05) is 6.08 Å². The molecule has 0 radical (unpaired) electrons. The molecule has 1 aliphatic heterocycles. The molecule has 1 amide bonds. The lowest BCUT2D eigenvalue weighted by molar-refractivity contribution is 0.0963. The normalized spacial score (nSPS) is 15.4. The summed E-state index contributed by atoms with van der Waals surface area (Å²) in [5, 5.41) is 2.49. The van der Waals surface area contributed by atoms with Gasteiger partial charge in [-0.2, -0.15) is 4.31 Å². The van der Waals surface area contributed by atoms with Crippen LogP contribution in [0.4, 0.5) is 4.39 Å². The summed E-state index contributed by atoms with van der Waals surface area (Å²) in [7, 11) is -2.14. The number of carbonyl (C=O) groups is 1. The highest BCUT2D eigenvalue weighted by molar-refractivity contribution is 7.89. The molecular weight excluding hydrogens is 357 g/mol. The van der Waals surface area contributed by atoms with E-state index in [1.54, 1.807) is 12.3 Å². The van der Waals surface area contributed by atoms with Gasteiger partial charge in [-0.05, 0) is 47.9 Å². The van der Waals surface area contributed by atoms with Gasteiger partial charge in [0, 0.05) is 31.9 Å². The van der Waals surface area contributed by atoms with Gasteiger partial charge < -0.3 is 5.32 Å². The predicted molar refractivity (Wildman–Crippen MR) is 95.4 cm³/mol. The van der Waals surface area contributed by atoms with Crippen LogP contribution in [0.1, 0.15) is 22.3 Å². The van der Waals surface area contributed by atoms with Crippen LogP contribution in [0.25, 0.3) is 5.57 Å². The third kappa shape index (κ3) is 3.66. The average Bonchev–Trinajstić information content (AvgIpc) is 2.67. The fraction of sp³-hybridized carbons (Fsp3) is 0.222. The lowest BCUT2D eigenvalue weighted by Gasteiger charge is -2.26. The number of hydrogen-bond acceptors (Lipinski definition) is 4. The Morgan fingerprint density at radius 2 is 1.96 bits per heavy atom. The molecule has 136 valence electrons. The molecule has 1 N–H and O–H groups in total. The van der Waals surface area contributed by atoms with E-state index in [1.807, 2.05) is 0 Å². The molecule has 0 aliphatic carbocycles. The topological polar surface area (TPSA) is 79.4 Å². The number of nitrogens with one attached hydrogen (secondary N) is 1. The Hall–Kier alpha value is -2.58. The summed E-state index contributed by atoms with van der Waals surface area (Å²) < 4.78 is 40.2. The Balaban J connectivity index is 1.78. The predicted octanol–water partition coefficient (Wildman–Crippen LogP) is 2.06. The van der Waals surface area contributed by atoms with Gasteiger partial charge in [-0.3, -0.25) is 9.78 Å². The lowest BCUT2D eigenvalue weighted by atomic mass is 10.0. The minimum atomic E-state index is -3.66. The van der Waals surface area contributed by atoms with E-state index in [0.717, 1.165) is 11.8 Å². The fourth-order valence-corrected chi connectivity index (χ4v) is 4.17. The average molecular weight is 375 g/mol. The maximum absolute atomic E-state index is 13.3. The summed E-state index contributed by atoms with van der Waals surface area (Å²) in [6.07, 6.45) is 4.94. The van der Waals surface area contributed by atoms with E-state index in [9.17, 15) is 17.6 Å². The van der Waals surface area contributed by atoms with Crippen molar-refractivity contribution in [1.29, 1.82) is 0 Å². The van der Waals surface area contributed by atoms with Gasteiger partial charge in [0.05, 0.1) is 11.1 Å². The van der Waals surface area contributed by atoms with Crippen molar-refractivity contribution in [2.75, 3.05) is 20.1 Å². The fourth-order valence-electron chi connectivity index (χ4n) is 2.79. The first-order valence-corrected chi connectivity index (χ1v) is 9.48. The van der Waals surface area contributed by atoms with E-state index >= 15 is 0 Å². The smallest absolute Gasteiger partial charge is 0.251 e. The first kappa shape index (κ1) is 18.2. The largest absolute Gasteiger partial charge is 0.355 e. The first-order valence-electron chi connectivity index (χ1n) is 8.04. The van der Waals surface area contributed by atoms with E-state index in [-0.39, 0.29) is 17.3 Å². The van der Waals surface area contributed by atoms with Crippen molar-refractivity contribution in [3.63, 3.8) is 0 Å². The first-order chi connectivity index (χ1) is 12.4. The molecule has 0 atom stereocenters. The quantitative estimate of drug-likeness (QED) is 0.887. The molecule has 26 heavy (non-hydrogen) atoms. The number of carbonyl (C=O) groups excluding carboxylic acids is 1. The number of nitrogens with zero attached hydrogens (tertiary/aromatic N) is 2. The summed E-state index contributed by atoms with van der Waals surface area (Å²) in [5.74, 6) is -0.696. The van der Waals surface area contributed by atoms with Crippen molar-refractivity contribution in [2.24, 2.45) is 0 Å². The van der Waals surface area contributed by atoms with Crippen molar-refractivity contribution >= 4 is 21.5 Å². The molecule has 0 unspecified atom stereocenters. The zero-order valence-electron chi connectivity index (χ0n) is 14.1. The van der Waals surface area contributed by atoms with Gasteiger partial charge in [-0.25, -0.2) is 12.8 Å². The highest BCUT2D eigenvalue weighted by Crippen LogP contribution is 2.26. The van der Waals surface area contributed by atoms with Crippen LogP contribution in [0.2, 0.25) is 0 Å². The van der Waals surface area contributed by atoms with E-state index in [0.29, 0.717) is 24.1 Å². The van der Waals surface area contributed by atoms with Crippen molar-refractivity contribution in [3.05, 3.63) is 65.7 Å². The van der Waals surface area contributed by atoms with Crippen LogP contribution in [0.15, 0.2) is 53.7 Å². The molecule has 0 saturated heterocycles. The summed E-state index contributed by atoms with van der Waals surface area (Å²) >= 11 is 0. The Kier molecular flexibility index (Phi) is 5.15. The van der Waals surface area contributed by atoms with Crippen LogP contribution in [-0.4, -0.2) is 43.8 Å². The number of rotatable bonds is 4. The number of aromatic nitrogens is 1. The highest BCUT2D eigenvalue weighted by atomic mass is 32.2. The Labute approximate surface area is 151 Å². The van der Waals surface area contributed by atoms with Gasteiger partial charge in [-0.15, -0.1) is 0 Å². The summed E-state index contributed by atoms with van der Waals surface area (Å²) in [6.45, 7) is 0.493. The molecule has 1 aromatic carbocycles. The Morgan fingerprint density at radius 3 is 2.54 bits per heavy atom. The molecule has 0 spiro atoms. The second-order valence-electron chi connectivity index (χ2n) is 5.84. The van der Waals surface area contributed by atoms with Crippen molar-refractivity contribution in [1.82, 2.24) is 14.6 Å². The number of amides is 1. The van der Waals surface area contributed by atoms with Crippen LogP contribution < -0.4 is 5.32 Å². The monoisotopic (exact) mass is 375 g/mol. The molecule has 8 heteroatoms. The lowest BCUT2D eigenvalue weighted by Crippen LogP contribution is -2.34. The zero-order chi connectivity index (χ0) is 18.7. The molecule has 0 bridgehead atoms. The standard InChI is InChI=1S/C18H18FN3O3S/c1-20-18(23)14-2-4-17(5-3-14)26(24,25)22-8-6-13(7-9-22)15-10-16(19)12-21-11-15/h2-6,10-12H,7-9H2,1H3,(H,20,23). The summed E-state index contributed by atoms with van der Waals surface area (Å²) in [6, 6.07) is 7.20. The van der Waals surface area contributed by atoms with Gasteiger partial charge >= 0.3 is 0 Å². The molecule has 1 aliphatic rings. The van der Waals surface area contributed by atoms with Crippen molar-refractivity contribution in [3.8, 4) is 0 Å². The van der Waals surface area contributed by atoms with E-state index in [1.165, 1.54) is 41.7 Å². The molecular formula is C18H18FN3O3S. The Bertz CT molecular complexity index is 956. The second-order valence-corrected chi connectivity index (χ2v) is 7.78. The molecule has 2 heterocycles. The number of hydrogen-bond donors (Lipinski definition) is 1. The maximum Gasteiger partial charge on any atom is 0.251 e. The minimum Gasteiger partial charge on any atom is -0.355 e. The SMILES string of the molecule is CNC(=O)c1ccc(S(=O)(=O)N2CC=C(c3cncc(F)c3)CC2)cc1. The highest BCUT2D eigenvalue weighted by Gasteiger charge is 2.26. The minimum absolute atomic E-state index is 0.134. The van der Waals surface area contributed by atoms with Crippen LogP contribution in [0, 0.1) is 5.82 Å². The molecule has 0 fully saturated rings. The third-order valence-corrected chi connectivity index (χ3v) is 6.11. The molecule has 6 nitrogen and oxygen atoms in total. The van der Waals surface area contributed by atoms with Gasteiger partial charge in [0.25, 0.3) is 5.91 Å². The van der Waals surface area contributed by atoms with E-state index in [2.05, 4.69) is 10.3 Å². The summed E-state index contributed by atoms with van der Waals surface area (Å²) in [4.78, 5) is 15.5. The van der Waals surface area contributed by atoms with E-state index < -0.39 is 15.8 Å². The number of benzene rings is 1. The van der Waals surface area contributed by atoms with Crippen LogP contribution in [-0.2, 0) is 10.0 Å². The van der Waals surface area contributed by atoms with Crippen LogP contribution >= 0.6 is 0 Å². The second kappa shape index (κ2) is 7.35. The Morgan fingerprint density at radius 1 is 1.23 bits per heavy atom. The zero-order valence-corrected chi connectivity index (χ0v) is 15.0. The molecule has 0 saturated carbocycles. The van der Waals surface area contributed by atoms with Crippen LogP contribution in [0.3, 0.4) is 0 Å². The van der Waals surface area contributed by atoms with Crippen molar-refractivity contribution < 1.29 is 17.6 Å². The van der Waals surface area contributed by atoms with E-state index in [4.69, 9.17) is 0 Å². The molecule has 1 aromatic heterocycles. The third-order valence-electron chi connectivity index (χ3n) is 4.23. The van der Waals surface area contributed by atoms with Gasteiger partial charge in [0.2, 0.25) is 10.0 Å². The van der Waals surface area contributed by atoms with Crippen LogP contribution in [0.5, 0.6) is 0 Å². The van der Waals surface area contributed by atoms with Gasteiger partial charge in [0.15, 0.2) is 0 Å². The molecule has 3 rings (SSSR count). The number of pyridine rings is 1. The summed E-state index contributed by atoms with van der Waals surface area (Å²) in [5.41, 5.74) is 1.93.